The van der Waals surface area contributed by atoms with Crippen molar-refractivity contribution in [3.05, 3.63) is 12.0 Å². The zero-order valence-electron chi connectivity index (χ0n) is 6.44. The monoisotopic (exact) mass is 151 g/mol. The van der Waals surface area contributed by atoms with Crippen LogP contribution in [0.3, 0.4) is 0 Å². The van der Waals surface area contributed by atoms with Crippen molar-refractivity contribution in [3.8, 4) is 0 Å². The first-order chi connectivity index (χ1) is 5.27. The second-order valence-electron chi connectivity index (χ2n) is 2.75. The molecule has 0 aromatic carbocycles. The largest absolute Gasteiger partial charge is 0.208 e. The number of fused-ring (bicyclic) bond motifs is 1. The van der Waals surface area contributed by atoms with E-state index in [9.17, 15) is 0 Å². The molecule has 0 saturated carbocycles. The minimum absolute atomic E-state index is 0.364. The molecule has 0 fully saturated rings. The number of hydrogen-bond acceptors (Lipinski definition) is 3. The molecule has 0 aliphatic rings. The first-order valence-corrected chi connectivity index (χ1v) is 3.53. The molecule has 2 aromatic heterocycles. The molecule has 2 aromatic rings. The Morgan fingerprint density at radius 2 is 2.36 bits per heavy atom. The normalized spacial score (nSPS) is 11.5. The van der Waals surface area contributed by atoms with Crippen LogP contribution in [0.1, 0.15) is 25.6 Å². The standard InChI is InChI=1S/C6H9N5/c1-4(2)6-8-5-3-7-10-11(5)9-6/h3-4,10H,1-2H3. The predicted octanol–water partition coefficient (Wildman–Crippen LogP) is 0.576. The number of nitrogens with zero attached hydrogens (tertiary/aromatic N) is 4. The first-order valence-electron chi connectivity index (χ1n) is 3.53. The third-order valence-electron chi connectivity index (χ3n) is 1.50. The Balaban J connectivity index is 2.58. The number of aromatic amines is 1. The summed E-state index contributed by atoms with van der Waals surface area (Å²) in [4.78, 5) is 4.23. The minimum Gasteiger partial charge on any atom is -0.208 e. The average molecular weight is 151 g/mol. The molecule has 5 heteroatoms. The average Bonchev–Trinajstić information content (AvgIpc) is 2.40. The summed E-state index contributed by atoms with van der Waals surface area (Å²) in [6, 6.07) is 0. The summed E-state index contributed by atoms with van der Waals surface area (Å²) < 4.78 is 1.56. The molecule has 0 bridgehead atoms. The lowest BCUT2D eigenvalue weighted by Gasteiger charge is -1.92. The Morgan fingerprint density at radius 1 is 1.55 bits per heavy atom. The van der Waals surface area contributed by atoms with Crippen molar-refractivity contribution in [1.29, 1.82) is 0 Å². The van der Waals surface area contributed by atoms with Gasteiger partial charge in [0.2, 0.25) is 0 Å². The van der Waals surface area contributed by atoms with Crippen LogP contribution in [0.4, 0.5) is 0 Å². The van der Waals surface area contributed by atoms with Crippen LogP contribution in [0.5, 0.6) is 0 Å². The van der Waals surface area contributed by atoms with Crippen molar-refractivity contribution in [1.82, 2.24) is 25.0 Å². The van der Waals surface area contributed by atoms with Crippen LogP contribution in [0.15, 0.2) is 6.20 Å². The van der Waals surface area contributed by atoms with E-state index < -0.39 is 0 Å². The van der Waals surface area contributed by atoms with Crippen molar-refractivity contribution in [2.45, 2.75) is 19.8 Å². The van der Waals surface area contributed by atoms with Gasteiger partial charge in [-0.3, -0.25) is 0 Å². The van der Waals surface area contributed by atoms with Gasteiger partial charge in [0, 0.05) is 5.92 Å². The van der Waals surface area contributed by atoms with E-state index >= 15 is 0 Å². The summed E-state index contributed by atoms with van der Waals surface area (Å²) in [5.74, 6) is 1.21. The fourth-order valence-electron chi connectivity index (χ4n) is 0.884. The predicted molar refractivity (Wildman–Crippen MR) is 39.2 cm³/mol. The molecule has 0 saturated heterocycles. The molecule has 2 rings (SSSR count). The van der Waals surface area contributed by atoms with Crippen LogP contribution in [0, 0.1) is 0 Å². The highest BCUT2D eigenvalue weighted by Gasteiger charge is 2.07. The Hall–Kier alpha value is -1.39. The van der Waals surface area contributed by atoms with Crippen molar-refractivity contribution >= 4 is 5.65 Å². The van der Waals surface area contributed by atoms with E-state index in [2.05, 4.69) is 34.2 Å². The molecule has 11 heavy (non-hydrogen) atoms. The molecule has 0 aliphatic carbocycles. The van der Waals surface area contributed by atoms with Crippen LogP contribution >= 0.6 is 0 Å². The summed E-state index contributed by atoms with van der Waals surface area (Å²) in [5.41, 5.74) is 0.772. The molecule has 0 aliphatic heterocycles. The Kier molecular flexibility index (Phi) is 1.18. The molecule has 2 heterocycles. The molecule has 0 unspecified atom stereocenters. The van der Waals surface area contributed by atoms with Crippen LogP contribution in [0.25, 0.3) is 5.65 Å². The SMILES string of the molecule is CC(C)c1nc2cn[nH]n2n1. The van der Waals surface area contributed by atoms with Gasteiger partial charge in [-0.15, -0.1) is 9.73 Å². The quantitative estimate of drug-likeness (QED) is 0.648. The van der Waals surface area contributed by atoms with Gasteiger partial charge in [-0.05, 0) is 0 Å². The Bertz CT molecular complexity index is 329. The highest BCUT2D eigenvalue weighted by atomic mass is 15.5. The molecule has 0 radical (unpaired) electrons. The third kappa shape index (κ3) is 0.886. The van der Waals surface area contributed by atoms with Gasteiger partial charge in [-0.2, -0.15) is 10.3 Å². The zero-order chi connectivity index (χ0) is 7.84. The Labute approximate surface area is 63.4 Å². The maximum Gasteiger partial charge on any atom is 0.195 e. The minimum atomic E-state index is 0.364. The van der Waals surface area contributed by atoms with E-state index in [1.807, 2.05) is 0 Å². The summed E-state index contributed by atoms with van der Waals surface area (Å²) in [6.07, 6.45) is 1.65. The first kappa shape index (κ1) is 6.33. The summed E-state index contributed by atoms with van der Waals surface area (Å²) >= 11 is 0. The Morgan fingerprint density at radius 3 is 3.00 bits per heavy atom. The van der Waals surface area contributed by atoms with Crippen LogP contribution in [-0.4, -0.2) is 25.0 Å². The number of hydrogen-bond donors (Lipinski definition) is 1. The summed E-state index contributed by atoms with van der Waals surface area (Å²) in [6.45, 7) is 4.12. The second-order valence-corrected chi connectivity index (χ2v) is 2.75. The lowest BCUT2D eigenvalue weighted by Crippen LogP contribution is -1.93. The smallest absolute Gasteiger partial charge is 0.195 e. The molecule has 0 amide bonds. The topological polar surface area (TPSA) is 58.9 Å². The van der Waals surface area contributed by atoms with Crippen molar-refractivity contribution in [3.63, 3.8) is 0 Å². The summed E-state index contributed by atoms with van der Waals surface area (Å²) in [7, 11) is 0. The van der Waals surface area contributed by atoms with Crippen molar-refractivity contribution in [2.24, 2.45) is 0 Å². The van der Waals surface area contributed by atoms with Crippen molar-refractivity contribution < 1.29 is 0 Å². The highest BCUT2D eigenvalue weighted by Crippen LogP contribution is 2.08. The molecule has 1 N–H and O–H groups in total. The van der Waals surface area contributed by atoms with E-state index in [-0.39, 0.29) is 0 Å². The molecule has 5 nitrogen and oxygen atoms in total. The van der Waals surface area contributed by atoms with Gasteiger partial charge in [-0.1, -0.05) is 13.8 Å². The lowest BCUT2D eigenvalue weighted by atomic mass is 10.2. The van der Waals surface area contributed by atoms with E-state index in [4.69, 9.17) is 0 Å². The zero-order valence-corrected chi connectivity index (χ0v) is 6.44. The van der Waals surface area contributed by atoms with Gasteiger partial charge < -0.3 is 0 Å². The number of aromatic nitrogens is 5. The van der Waals surface area contributed by atoms with Crippen LogP contribution in [0.2, 0.25) is 0 Å². The van der Waals surface area contributed by atoms with Gasteiger partial charge in [0.1, 0.15) is 0 Å². The van der Waals surface area contributed by atoms with Gasteiger partial charge in [0.25, 0.3) is 0 Å². The lowest BCUT2D eigenvalue weighted by molar-refractivity contribution is 0.702. The number of rotatable bonds is 1. The fraction of sp³-hybridized carbons (Fsp3) is 0.500. The van der Waals surface area contributed by atoms with E-state index in [1.54, 1.807) is 10.8 Å². The van der Waals surface area contributed by atoms with Crippen LogP contribution in [-0.2, 0) is 0 Å². The second kappa shape index (κ2) is 2.05. The molecule has 0 atom stereocenters. The molecular formula is C6H9N5. The van der Waals surface area contributed by atoms with Crippen molar-refractivity contribution in [2.75, 3.05) is 0 Å². The van der Waals surface area contributed by atoms with Gasteiger partial charge >= 0.3 is 0 Å². The number of H-pyrrole nitrogens is 1. The van der Waals surface area contributed by atoms with E-state index in [0.717, 1.165) is 11.5 Å². The van der Waals surface area contributed by atoms with E-state index in [1.165, 1.54) is 0 Å². The summed E-state index contributed by atoms with van der Waals surface area (Å²) in [5, 5.41) is 10.6. The van der Waals surface area contributed by atoms with Gasteiger partial charge in [0.05, 0.1) is 6.20 Å². The maximum atomic E-state index is 4.23. The molecule has 0 spiro atoms. The third-order valence-corrected chi connectivity index (χ3v) is 1.50. The highest BCUT2D eigenvalue weighted by molar-refractivity contribution is 5.31. The molecule has 58 valence electrons. The van der Waals surface area contributed by atoms with Crippen LogP contribution < -0.4 is 0 Å². The van der Waals surface area contributed by atoms with E-state index in [0.29, 0.717) is 5.92 Å². The fourth-order valence-corrected chi connectivity index (χ4v) is 0.884. The number of nitrogens with one attached hydrogen (secondary N) is 1. The maximum absolute atomic E-state index is 4.23. The molecular weight excluding hydrogens is 142 g/mol. The van der Waals surface area contributed by atoms with Gasteiger partial charge in [0.15, 0.2) is 11.5 Å². The van der Waals surface area contributed by atoms with Gasteiger partial charge in [-0.25, -0.2) is 4.98 Å².